The first-order valence-electron chi connectivity index (χ1n) is 9.35. The van der Waals surface area contributed by atoms with Crippen molar-refractivity contribution in [2.45, 2.75) is 44.6 Å². The number of rotatable bonds is 4. The largest absolute Gasteiger partial charge is 0.337 e. The summed E-state index contributed by atoms with van der Waals surface area (Å²) in [4.78, 5) is 19.2. The topological polar surface area (TPSA) is 61.9 Å². The van der Waals surface area contributed by atoms with Crippen molar-refractivity contribution in [1.82, 2.24) is 20.1 Å². The summed E-state index contributed by atoms with van der Waals surface area (Å²) >= 11 is 0. The number of nitrogens with one attached hydrogen (secondary N) is 1. The fraction of sp³-hybridized carbons (Fsp3) is 0.381. The van der Waals surface area contributed by atoms with Crippen molar-refractivity contribution in [3.8, 4) is 0 Å². The van der Waals surface area contributed by atoms with Gasteiger partial charge in [-0.1, -0.05) is 37.5 Å². The zero-order valence-corrected chi connectivity index (χ0v) is 15.1. The van der Waals surface area contributed by atoms with Crippen molar-refractivity contribution in [1.29, 1.82) is 0 Å². The molecule has 1 fully saturated rings. The smallest absolute Gasteiger partial charge is 0.257 e. The fourth-order valence-corrected chi connectivity index (χ4v) is 4.01. The summed E-state index contributed by atoms with van der Waals surface area (Å²) in [5, 5.41) is 8.36. The lowest BCUT2D eigenvalue weighted by molar-refractivity contribution is 0.0783. The molecule has 3 aromatic rings. The first-order chi connectivity index (χ1) is 12.7. The third-order valence-corrected chi connectivity index (χ3v) is 5.40. The highest BCUT2D eigenvalue weighted by Crippen LogP contribution is 2.33. The molecule has 1 aliphatic carbocycles. The molecule has 0 aliphatic heterocycles. The van der Waals surface area contributed by atoms with E-state index in [1.54, 1.807) is 17.3 Å². The molecule has 0 radical (unpaired) electrons. The van der Waals surface area contributed by atoms with Crippen molar-refractivity contribution in [2.75, 3.05) is 7.05 Å². The zero-order valence-electron chi connectivity index (χ0n) is 15.1. The Labute approximate surface area is 153 Å². The van der Waals surface area contributed by atoms with Gasteiger partial charge in [-0.15, -0.1) is 0 Å². The van der Waals surface area contributed by atoms with Crippen molar-refractivity contribution in [2.24, 2.45) is 0 Å². The number of aromatic nitrogens is 3. The summed E-state index contributed by atoms with van der Waals surface area (Å²) in [5.41, 5.74) is 3.80. The Hall–Kier alpha value is -2.69. The quantitative estimate of drug-likeness (QED) is 0.765. The minimum atomic E-state index is 0.0280. The average molecular weight is 348 g/mol. The van der Waals surface area contributed by atoms with Crippen molar-refractivity contribution >= 4 is 16.8 Å². The molecule has 1 N–H and O–H groups in total. The molecule has 5 heteroatoms. The van der Waals surface area contributed by atoms with Gasteiger partial charge in [0.15, 0.2) is 0 Å². The standard InChI is InChI=1S/C21H24N4O/c1-25(14-16-9-5-11-19-17(16)10-6-12-22-19)21(26)18-13-23-24-20(18)15-7-3-2-4-8-15/h5-6,9-13,15H,2-4,7-8,14H2,1H3,(H,23,24). The molecule has 4 rings (SSSR count). The first-order valence-corrected chi connectivity index (χ1v) is 9.35. The maximum Gasteiger partial charge on any atom is 0.257 e. The van der Waals surface area contributed by atoms with Gasteiger partial charge in [0.1, 0.15) is 0 Å². The number of hydrogen-bond acceptors (Lipinski definition) is 3. The normalized spacial score (nSPS) is 15.3. The maximum absolute atomic E-state index is 13.1. The molecule has 0 unspecified atom stereocenters. The molecule has 1 amide bonds. The van der Waals surface area contributed by atoms with Gasteiger partial charge in [0.2, 0.25) is 0 Å². The van der Waals surface area contributed by atoms with Crippen LogP contribution in [0.5, 0.6) is 0 Å². The fourth-order valence-electron chi connectivity index (χ4n) is 4.01. The third-order valence-electron chi connectivity index (χ3n) is 5.40. The molecule has 5 nitrogen and oxygen atoms in total. The SMILES string of the molecule is CN(Cc1cccc2ncccc12)C(=O)c1cn[nH]c1C1CCCCC1. The Balaban J connectivity index is 1.56. The van der Waals surface area contributed by atoms with E-state index in [0.29, 0.717) is 12.5 Å². The number of carbonyl (C=O) groups is 1. The molecule has 26 heavy (non-hydrogen) atoms. The molecule has 0 bridgehead atoms. The van der Waals surface area contributed by atoms with Crippen LogP contribution in [0.3, 0.4) is 0 Å². The number of amides is 1. The van der Waals surface area contributed by atoms with Crippen LogP contribution in [0.15, 0.2) is 42.7 Å². The number of benzene rings is 1. The second kappa shape index (κ2) is 7.28. The summed E-state index contributed by atoms with van der Waals surface area (Å²) in [6, 6.07) is 10.0. The number of H-pyrrole nitrogens is 1. The Bertz CT molecular complexity index is 906. The summed E-state index contributed by atoms with van der Waals surface area (Å²) in [5.74, 6) is 0.459. The predicted octanol–water partition coefficient (Wildman–Crippen LogP) is 4.28. The van der Waals surface area contributed by atoms with Crippen molar-refractivity contribution < 1.29 is 4.79 Å². The zero-order chi connectivity index (χ0) is 17.9. The van der Waals surface area contributed by atoms with E-state index in [1.165, 1.54) is 19.3 Å². The lowest BCUT2D eigenvalue weighted by Gasteiger charge is -2.23. The molecular weight excluding hydrogens is 324 g/mol. The monoisotopic (exact) mass is 348 g/mol. The molecule has 134 valence electrons. The van der Waals surface area contributed by atoms with Gasteiger partial charge in [-0.3, -0.25) is 14.9 Å². The summed E-state index contributed by atoms with van der Waals surface area (Å²) in [6.45, 7) is 0.553. The number of pyridine rings is 1. The van der Waals surface area contributed by atoms with Gasteiger partial charge in [-0.25, -0.2) is 0 Å². The Morgan fingerprint density at radius 2 is 2.04 bits per heavy atom. The first kappa shape index (κ1) is 16.8. The van der Waals surface area contributed by atoms with Crippen LogP contribution in [0.2, 0.25) is 0 Å². The van der Waals surface area contributed by atoms with Crippen LogP contribution in [-0.2, 0) is 6.54 Å². The average Bonchev–Trinajstić information content (AvgIpc) is 3.18. The van der Waals surface area contributed by atoms with Gasteiger partial charge < -0.3 is 4.90 Å². The predicted molar refractivity (Wildman–Crippen MR) is 102 cm³/mol. The highest BCUT2D eigenvalue weighted by Gasteiger charge is 2.25. The van der Waals surface area contributed by atoms with Crippen LogP contribution in [0.25, 0.3) is 10.9 Å². The van der Waals surface area contributed by atoms with Gasteiger partial charge in [0.25, 0.3) is 5.91 Å². The molecule has 1 aromatic carbocycles. The number of aromatic amines is 1. The Kier molecular flexibility index (Phi) is 4.69. The van der Waals surface area contributed by atoms with Crippen molar-refractivity contribution in [3.05, 3.63) is 59.5 Å². The number of hydrogen-bond donors (Lipinski definition) is 1. The van der Waals surface area contributed by atoms with E-state index < -0.39 is 0 Å². The molecule has 0 spiro atoms. The van der Waals surface area contributed by atoms with E-state index in [4.69, 9.17) is 0 Å². The van der Waals surface area contributed by atoms with E-state index in [-0.39, 0.29) is 5.91 Å². The van der Waals surface area contributed by atoms with Gasteiger partial charge in [-0.05, 0) is 30.5 Å². The molecule has 2 aromatic heterocycles. The second-order valence-electron chi connectivity index (χ2n) is 7.18. The van der Waals surface area contributed by atoms with Crippen LogP contribution >= 0.6 is 0 Å². The number of fused-ring (bicyclic) bond motifs is 1. The van der Waals surface area contributed by atoms with Gasteiger partial charge in [0.05, 0.1) is 23.0 Å². The van der Waals surface area contributed by atoms with E-state index in [2.05, 4.69) is 27.3 Å². The van der Waals surface area contributed by atoms with Gasteiger partial charge in [-0.2, -0.15) is 5.10 Å². The highest BCUT2D eigenvalue weighted by molar-refractivity contribution is 5.95. The van der Waals surface area contributed by atoms with Gasteiger partial charge >= 0.3 is 0 Å². The Morgan fingerprint density at radius 1 is 1.19 bits per heavy atom. The minimum Gasteiger partial charge on any atom is -0.337 e. The maximum atomic E-state index is 13.1. The van der Waals surface area contributed by atoms with Crippen LogP contribution < -0.4 is 0 Å². The number of nitrogens with zero attached hydrogens (tertiary/aromatic N) is 3. The molecule has 1 aliphatic rings. The van der Waals surface area contributed by atoms with Crippen LogP contribution in [0, 0.1) is 0 Å². The van der Waals surface area contributed by atoms with E-state index >= 15 is 0 Å². The summed E-state index contributed by atoms with van der Waals surface area (Å²) < 4.78 is 0. The molecular formula is C21H24N4O. The number of carbonyl (C=O) groups excluding carboxylic acids is 1. The van der Waals surface area contributed by atoms with Crippen LogP contribution in [-0.4, -0.2) is 33.0 Å². The lowest BCUT2D eigenvalue weighted by Crippen LogP contribution is -2.27. The summed E-state index contributed by atoms with van der Waals surface area (Å²) in [7, 11) is 1.86. The molecule has 0 saturated heterocycles. The third kappa shape index (κ3) is 3.21. The molecule has 2 heterocycles. The highest BCUT2D eigenvalue weighted by atomic mass is 16.2. The summed E-state index contributed by atoms with van der Waals surface area (Å²) in [6.07, 6.45) is 9.52. The van der Waals surface area contributed by atoms with E-state index in [0.717, 1.165) is 40.6 Å². The van der Waals surface area contributed by atoms with E-state index in [1.807, 2.05) is 25.2 Å². The van der Waals surface area contributed by atoms with Crippen LogP contribution in [0.4, 0.5) is 0 Å². The molecule has 1 saturated carbocycles. The molecule has 0 atom stereocenters. The Morgan fingerprint density at radius 3 is 2.88 bits per heavy atom. The lowest BCUT2D eigenvalue weighted by atomic mass is 9.85. The van der Waals surface area contributed by atoms with Gasteiger partial charge in [0, 0.05) is 31.1 Å². The van der Waals surface area contributed by atoms with Crippen molar-refractivity contribution in [3.63, 3.8) is 0 Å². The second-order valence-corrected chi connectivity index (χ2v) is 7.18. The minimum absolute atomic E-state index is 0.0280. The van der Waals surface area contributed by atoms with Crippen LogP contribution in [0.1, 0.15) is 59.6 Å². The van der Waals surface area contributed by atoms with E-state index in [9.17, 15) is 4.79 Å².